The maximum absolute atomic E-state index is 12.3. The summed E-state index contributed by atoms with van der Waals surface area (Å²) in [6.45, 7) is 0.469. The first kappa shape index (κ1) is 18.0. The minimum absolute atomic E-state index is 0.0522. The number of benzene rings is 2. The van der Waals surface area contributed by atoms with E-state index in [1.165, 1.54) is 18.5 Å². The van der Waals surface area contributed by atoms with Gasteiger partial charge in [0, 0.05) is 15.6 Å². The SMILES string of the molecule is O=C(Nc1ncn(Cc2ccc(Br)cc2)n1)c1ccc(Cl)cc1[N+](=O)[O-]. The van der Waals surface area contributed by atoms with Gasteiger partial charge in [-0.1, -0.05) is 39.7 Å². The highest BCUT2D eigenvalue weighted by Gasteiger charge is 2.21. The van der Waals surface area contributed by atoms with E-state index in [9.17, 15) is 14.9 Å². The van der Waals surface area contributed by atoms with Crippen molar-refractivity contribution in [2.45, 2.75) is 6.54 Å². The molecule has 3 rings (SSSR count). The molecule has 0 fully saturated rings. The first-order chi connectivity index (χ1) is 12.4. The Hall–Kier alpha value is -2.78. The fraction of sp³-hybridized carbons (Fsp3) is 0.0625. The summed E-state index contributed by atoms with van der Waals surface area (Å²) >= 11 is 9.11. The molecule has 10 heteroatoms. The quantitative estimate of drug-likeness (QED) is 0.482. The Morgan fingerprint density at radius 1 is 1.27 bits per heavy atom. The van der Waals surface area contributed by atoms with Crippen LogP contribution in [0, 0.1) is 10.1 Å². The first-order valence-corrected chi connectivity index (χ1v) is 8.48. The summed E-state index contributed by atoms with van der Waals surface area (Å²) in [7, 11) is 0. The van der Waals surface area contributed by atoms with Crippen LogP contribution in [0.3, 0.4) is 0 Å². The Bertz CT molecular complexity index is 974. The molecule has 0 bridgehead atoms. The maximum atomic E-state index is 12.3. The summed E-state index contributed by atoms with van der Waals surface area (Å²) in [6, 6.07) is 11.5. The maximum Gasteiger partial charge on any atom is 0.283 e. The molecular weight excluding hydrogens is 426 g/mol. The van der Waals surface area contributed by atoms with E-state index in [1.54, 1.807) is 4.68 Å². The van der Waals surface area contributed by atoms with E-state index in [0.717, 1.165) is 16.1 Å². The van der Waals surface area contributed by atoms with Crippen molar-refractivity contribution in [2.75, 3.05) is 5.32 Å². The van der Waals surface area contributed by atoms with Crippen LogP contribution in [-0.2, 0) is 6.54 Å². The lowest BCUT2D eigenvalue weighted by Crippen LogP contribution is -2.15. The van der Waals surface area contributed by atoms with Crippen LogP contribution in [0.2, 0.25) is 5.02 Å². The third kappa shape index (κ3) is 4.24. The van der Waals surface area contributed by atoms with E-state index in [4.69, 9.17) is 11.6 Å². The van der Waals surface area contributed by atoms with Crippen LogP contribution in [-0.4, -0.2) is 25.6 Å². The van der Waals surface area contributed by atoms with Crippen molar-refractivity contribution in [2.24, 2.45) is 0 Å². The number of carbonyl (C=O) groups excluding carboxylic acids is 1. The Kier molecular flexibility index (Phi) is 5.29. The second-order valence-electron chi connectivity index (χ2n) is 5.26. The number of nitro benzene ring substituents is 1. The molecule has 0 saturated carbocycles. The molecule has 1 heterocycles. The van der Waals surface area contributed by atoms with Gasteiger partial charge in [-0.15, -0.1) is 5.10 Å². The fourth-order valence-electron chi connectivity index (χ4n) is 2.22. The predicted molar refractivity (Wildman–Crippen MR) is 99.3 cm³/mol. The van der Waals surface area contributed by atoms with Crippen LogP contribution < -0.4 is 5.32 Å². The van der Waals surface area contributed by atoms with Gasteiger partial charge in [0.2, 0.25) is 5.95 Å². The number of carbonyl (C=O) groups is 1. The molecular formula is C16H11BrClN5O3. The minimum Gasteiger partial charge on any atom is -0.289 e. The number of amides is 1. The van der Waals surface area contributed by atoms with Gasteiger partial charge in [0.15, 0.2) is 0 Å². The van der Waals surface area contributed by atoms with Gasteiger partial charge in [-0.3, -0.25) is 20.2 Å². The van der Waals surface area contributed by atoms with Crippen LogP contribution in [0.1, 0.15) is 15.9 Å². The van der Waals surface area contributed by atoms with E-state index in [-0.39, 0.29) is 22.2 Å². The Labute approximate surface area is 161 Å². The molecule has 0 aliphatic heterocycles. The van der Waals surface area contributed by atoms with E-state index < -0.39 is 10.8 Å². The Morgan fingerprint density at radius 3 is 2.69 bits per heavy atom. The predicted octanol–water partition coefficient (Wildman–Crippen LogP) is 3.90. The van der Waals surface area contributed by atoms with Gasteiger partial charge in [0.1, 0.15) is 11.9 Å². The van der Waals surface area contributed by atoms with Crippen molar-refractivity contribution < 1.29 is 9.72 Å². The number of hydrogen-bond acceptors (Lipinski definition) is 5. The second kappa shape index (κ2) is 7.63. The highest BCUT2D eigenvalue weighted by molar-refractivity contribution is 9.10. The lowest BCUT2D eigenvalue weighted by atomic mass is 10.1. The molecule has 8 nitrogen and oxygen atoms in total. The normalized spacial score (nSPS) is 10.5. The zero-order valence-electron chi connectivity index (χ0n) is 13.1. The largest absolute Gasteiger partial charge is 0.289 e. The van der Waals surface area contributed by atoms with Crippen molar-refractivity contribution in [3.05, 3.63) is 79.5 Å². The number of anilines is 1. The van der Waals surface area contributed by atoms with Gasteiger partial charge >= 0.3 is 0 Å². The van der Waals surface area contributed by atoms with E-state index in [1.807, 2.05) is 24.3 Å². The van der Waals surface area contributed by atoms with E-state index >= 15 is 0 Å². The topological polar surface area (TPSA) is 103 Å². The molecule has 132 valence electrons. The van der Waals surface area contributed by atoms with Gasteiger partial charge in [-0.2, -0.15) is 0 Å². The molecule has 0 unspecified atom stereocenters. The monoisotopic (exact) mass is 435 g/mol. The van der Waals surface area contributed by atoms with Crippen LogP contribution in [0.4, 0.5) is 11.6 Å². The van der Waals surface area contributed by atoms with E-state index in [0.29, 0.717) is 6.54 Å². The molecule has 2 aromatic carbocycles. The summed E-state index contributed by atoms with van der Waals surface area (Å²) in [4.78, 5) is 26.7. The zero-order chi connectivity index (χ0) is 18.7. The van der Waals surface area contributed by atoms with Crippen LogP contribution in [0.25, 0.3) is 0 Å². The van der Waals surface area contributed by atoms with Crippen LogP contribution in [0.15, 0.2) is 53.3 Å². The number of nitrogens with zero attached hydrogens (tertiary/aromatic N) is 4. The molecule has 0 aliphatic rings. The van der Waals surface area contributed by atoms with Gasteiger partial charge < -0.3 is 0 Å². The van der Waals surface area contributed by atoms with Gasteiger partial charge in [0.25, 0.3) is 11.6 Å². The second-order valence-corrected chi connectivity index (χ2v) is 6.62. The fourth-order valence-corrected chi connectivity index (χ4v) is 2.65. The molecule has 1 N–H and O–H groups in total. The smallest absolute Gasteiger partial charge is 0.283 e. The molecule has 0 spiro atoms. The molecule has 0 radical (unpaired) electrons. The van der Waals surface area contributed by atoms with E-state index in [2.05, 4.69) is 31.3 Å². The van der Waals surface area contributed by atoms with Crippen molar-refractivity contribution in [1.82, 2.24) is 14.8 Å². The summed E-state index contributed by atoms with van der Waals surface area (Å²) < 4.78 is 2.52. The number of nitro groups is 1. The third-order valence-corrected chi connectivity index (χ3v) is 4.18. The summed E-state index contributed by atoms with van der Waals surface area (Å²) in [5, 5.41) is 17.9. The minimum atomic E-state index is -0.685. The summed E-state index contributed by atoms with van der Waals surface area (Å²) in [5.74, 6) is -0.633. The van der Waals surface area contributed by atoms with Crippen LogP contribution >= 0.6 is 27.5 Å². The average Bonchev–Trinajstić information content (AvgIpc) is 3.03. The lowest BCUT2D eigenvalue weighted by Gasteiger charge is -2.03. The number of aromatic nitrogens is 3. The Balaban J connectivity index is 1.74. The van der Waals surface area contributed by atoms with Crippen LogP contribution in [0.5, 0.6) is 0 Å². The number of rotatable bonds is 5. The van der Waals surface area contributed by atoms with Gasteiger partial charge in [-0.25, -0.2) is 9.67 Å². The van der Waals surface area contributed by atoms with Gasteiger partial charge in [0.05, 0.1) is 11.5 Å². The summed E-state index contributed by atoms with van der Waals surface area (Å²) in [5.41, 5.74) is 0.497. The zero-order valence-corrected chi connectivity index (χ0v) is 15.4. The standard InChI is InChI=1S/C16H11BrClN5O3/c17-11-3-1-10(2-4-11)8-22-9-19-16(21-22)20-15(24)13-6-5-12(18)7-14(13)23(25)26/h1-7,9H,8H2,(H,20,21,24). The highest BCUT2D eigenvalue weighted by Crippen LogP contribution is 2.23. The molecule has 1 amide bonds. The molecule has 3 aromatic rings. The molecule has 0 aliphatic carbocycles. The molecule has 0 saturated heterocycles. The van der Waals surface area contributed by atoms with Crippen molar-refractivity contribution in [1.29, 1.82) is 0 Å². The average molecular weight is 437 g/mol. The Morgan fingerprint density at radius 2 is 2.00 bits per heavy atom. The molecule has 0 atom stereocenters. The van der Waals surface area contributed by atoms with Crippen molar-refractivity contribution >= 4 is 45.1 Å². The van der Waals surface area contributed by atoms with Crippen molar-refractivity contribution in [3.8, 4) is 0 Å². The lowest BCUT2D eigenvalue weighted by molar-refractivity contribution is -0.385. The first-order valence-electron chi connectivity index (χ1n) is 7.31. The third-order valence-electron chi connectivity index (χ3n) is 3.42. The molecule has 26 heavy (non-hydrogen) atoms. The number of hydrogen-bond donors (Lipinski definition) is 1. The van der Waals surface area contributed by atoms with Gasteiger partial charge in [-0.05, 0) is 29.8 Å². The molecule has 1 aromatic heterocycles. The number of halogens is 2. The highest BCUT2D eigenvalue weighted by atomic mass is 79.9. The summed E-state index contributed by atoms with van der Waals surface area (Å²) in [6.07, 6.45) is 1.47. The van der Waals surface area contributed by atoms with Crippen molar-refractivity contribution in [3.63, 3.8) is 0 Å². The number of nitrogens with one attached hydrogen (secondary N) is 1.